The van der Waals surface area contributed by atoms with Gasteiger partial charge in [-0.1, -0.05) is 49.6 Å². The Kier molecular flexibility index (Phi) is 4.66. The summed E-state index contributed by atoms with van der Waals surface area (Å²) in [6.45, 7) is 0. The summed E-state index contributed by atoms with van der Waals surface area (Å²) < 4.78 is 0. The van der Waals surface area contributed by atoms with E-state index >= 15 is 0 Å². The molecule has 110 valence electrons. The highest BCUT2D eigenvalue weighted by molar-refractivity contribution is 5.33. The van der Waals surface area contributed by atoms with Gasteiger partial charge in [-0.2, -0.15) is 0 Å². The maximum absolute atomic E-state index is 4.23. The van der Waals surface area contributed by atoms with Gasteiger partial charge in [0, 0.05) is 12.4 Å². The molecule has 1 aromatic carbocycles. The summed E-state index contributed by atoms with van der Waals surface area (Å²) >= 11 is 0. The van der Waals surface area contributed by atoms with Crippen LogP contribution in [0.25, 0.3) is 0 Å². The van der Waals surface area contributed by atoms with E-state index in [0.717, 1.165) is 5.92 Å². The Labute approximate surface area is 127 Å². The molecule has 0 amide bonds. The fourth-order valence-electron chi connectivity index (χ4n) is 3.47. The SMILES string of the molecule is CNC(c1ccc(C2CCCCC2)cc1)c1cccnc1. The van der Waals surface area contributed by atoms with Crippen molar-refractivity contribution >= 4 is 0 Å². The zero-order valence-corrected chi connectivity index (χ0v) is 12.8. The van der Waals surface area contributed by atoms with E-state index < -0.39 is 0 Å². The molecule has 1 aliphatic carbocycles. The van der Waals surface area contributed by atoms with Crippen LogP contribution in [0, 0.1) is 0 Å². The lowest BCUT2D eigenvalue weighted by atomic mass is 9.83. The minimum Gasteiger partial charge on any atom is -0.309 e. The predicted molar refractivity (Wildman–Crippen MR) is 87.4 cm³/mol. The molecule has 1 unspecified atom stereocenters. The molecule has 21 heavy (non-hydrogen) atoms. The van der Waals surface area contributed by atoms with Gasteiger partial charge >= 0.3 is 0 Å². The summed E-state index contributed by atoms with van der Waals surface area (Å²) in [5.74, 6) is 0.777. The molecule has 0 bridgehead atoms. The summed E-state index contributed by atoms with van der Waals surface area (Å²) in [5.41, 5.74) is 4.04. The number of rotatable bonds is 4. The predicted octanol–water partition coefficient (Wildman–Crippen LogP) is 4.44. The van der Waals surface area contributed by atoms with Crippen LogP contribution in [0.3, 0.4) is 0 Å². The van der Waals surface area contributed by atoms with Crippen molar-refractivity contribution in [2.75, 3.05) is 7.05 Å². The van der Waals surface area contributed by atoms with Gasteiger partial charge in [-0.25, -0.2) is 0 Å². The number of benzene rings is 1. The number of aromatic nitrogens is 1. The maximum Gasteiger partial charge on any atom is 0.0589 e. The van der Waals surface area contributed by atoms with Crippen LogP contribution in [0.2, 0.25) is 0 Å². The number of nitrogens with zero attached hydrogens (tertiary/aromatic N) is 1. The second kappa shape index (κ2) is 6.86. The average molecular weight is 280 g/mol. The van der Waals surface area contributed by atoms with Gasteiger partial charge in [-0.15, -0.1) is 0 Å². The van der Waals surface area contributed by atoms with Gasteiger partial charge in [-0.05, 0) is 48.6 Å². The van der Waals surface area contributed by atoms with Crippen molar-refractivity contribution < 1.29 is 0 Å². The molecule has 2 nitrogen and oxygen atoms in total. The lowest BCUT2D eigenvalue weighted by molar-refractivity contribution is 0.443. The van der Waals surface area contributed by atoms with Crippen molar-refractivity contribution in [1.29, 1.82) is 0 Å². The largest absolute Gasteiger partial charge is 0.309 e. The molecule has 0 aliphatic heterocycles. The van der Waals surface area contributed by atoms with Gasteiger partial charge in [0.15, 0.2) is 0 Å². The number of hydrogen-bond acceptors (Lipinski definition) is 2. The second-order valence-electron chi connectivity index (χ2n) is 6.01. The lowest BCUT2D eigenvalue weighted by Crippen LogP contribution is -2.17. The Morgan fingerprint density at radius 2 is 1.76 bits per heavy atom. The Bertz CT molecular complexity index is 542. The van der Waals surface area contributed by atoms with Crippen molar-refractivity contribution in [2.24, 2.45) is 0 Å². The third-order valence-electron chi connectivity index (χ3n) is 4.65. The normalized spacial score (nSPS) is 17.6. The minimum absolute atomic E-state index is 0.221. The smallest absolute Gasteiger partial charge is 0.0589 e. The molecule has 1 N–H and O–H groups in total. The van der Waals surface area contributed by atoms with Crippen molar-refractivity contribution in [3.8, 4) is 0 Å². The Hall–Kier alpha value is -1.67. The molecule has 1 fully saturated rings. The first kappa shape index (κ1) is 14.3. The Balaban J connectivity index is 1.79. The molecule has 2 heteroatoms. The molecule has 0 saturated heterocycles. The van der Waals surface area contributed by atoms with Gasteiger partial charge in [0.1, 0.15) is 0 Å². The standard InChI is InChI=1S/C19H24N2/c1-20-19(18-8-5-13-21-14-18)17-11-9-16(10-12-17)15-6-3-2-4-7-15/h5,8-15,19-20H,2-4,6-7H2,1H3. The van der Waals surface area contributed by atoms with E-state index in [1.807, 2.05) is 25.5 Å². The van der Waals surface area contributed by atoms with E-state index in [1.54, 1.807) is 0 Å². The van der Waals surface area contributed by atoms with Crippen LogP contribution < -0.4 is 5.32 Å². The summed E-state index contributed by atoms with van der Waals surface area (Å²) in [6, 6.07) is 13.5. The highest BCUT2D eigenvalue weighted by Crippen LogP contribution is 2.33. The molecule has 1 saturated carbocycles. The van der Waals surface area contributed by atoms with Crippen LogP contribution in [0.4, 0.5) is 0 Å². The van der Waals surface area contributed by atoms with Crippen molar-refractivity contribution in [3.05, 3.63) is 65.5 Å². The molecular formula is C19H24N2. The van der Waals surface area contributed by atoms with Crippen molar-refractivity contribution in [2.45, 2.75) is 44.1 Å². The fourth-order valence-corrected chi connectivity index (χ4v) is 3.47. The summed E-state index contributed by atoms with van der Waals surface area (Å²) in [5, 5.41) is 3.39. The Morgan fingerprint density at radius 3 is 2.38 bits per heavy atom. The van der Waals surface area contributed by atoms with E-state index in [2.05, 4.69) is 40.6 Å². The van der Waals surface area contributed by atoms with E-state index in [1.165, 1.54) is 48.8 Å². The van der Waals surface area contributed by atoms with E-state index in [9.17, 15) is 0 Å². The Morgan fingerprint density at radius 1 is 1.00 bits per heavy atom. The van der Waals surface area contributed by atoms with Gasteiger partial charge < -0.3 is 5.32 Å². The van der Waals surface area contributed by atoms with Gasteiger partial charge in [0.25, 0.3) is 0 Å². The molecular weight excluding hydrogens is 256 g/mol. The lowest BCUT2D eigenvalue weighted by Gasteiger charge is -2.23. The zero-order valence-electron chi connectivity index (χ0n) is 12.8. The molecule has 0 spiro atoms. The average Bonchev–Trinajstić information content (AvgIpc) is 2.58. The first-order valence-electron chi connectivity index (χ1n) is 8.05. The summed E-state index contributed by atoms with van der Waals surface area (Å²) in [7, 11) is 2.01. The van der Waals surface area contributed by atoms with Gasteiger partial charge in [0.05, 0.1) is 6.04 Å². The van der Waals surface area contributed by atoms with Gasteiger partial charge in [-0.3, -0.25) is 4.98 Å². The highest BCUT2D eigenvalue weighted by atomic mass is 14.9. The third kappa shape index (κ3) is 3.33. The first-order valence-corrected chi connectivity index (χ1v) is 8.05. The second-order valence-corrected chi connectivity index (χ2v) is 6.01. The molecule has 1 heterocycles. The van der Waals surface area contributed by atoms with E-state index in [-0.39, 0.29) is 6.04 Å². The maximum atomic E-state index is 4.23. The van der Waals surface area contributed by atoms with E-state index in [0.29, 0.717) is 0 Å². The summed E-state index contributed by atoms with van der Waals surface area (Å²) in [6.07, 6.45) is 10.7. The summed E-state index contributed by atoms with van der Waals surface area (Å²) in [4.78, 5) is 4.23. The van der Waals surface area contributed by atoms with Crippen LogP contribution in [0.5, 0.6) is 0 Å². The topological polar surface area (TPSA) is 24.9 Å². The monoisotopic (exact) mass is 280 g/mol. The first-order chi connectivity index (χ1) is 10.4. The quantitative estimate of drug-likeness (QED) is 0.895. The molecule has 0 radical (unpaired) electrons. The minimum atomic E-state index is 0.221. The number of pyridine rings is 1. The molecule has 1 aliphatic rings. The number of nitrogens with one attached hydrogen (secondary N) is 1. The molecule has 2 aromatic rings. The third-order valence-corrected chi connectivity index (χ3v) is 4.65. The van der Waals surface area contributed by atoms with Crippen molar-refractivity contribution in [1.82, 2.24) is 10.3 Å². The number of hydrogen-bond donors (Lipinski definition) is 1. The van der Waals surface area contributed by atoms with Crippen LogP contribution >= 0.6 is 0 Å². The van der Waals surface area contributed by atoms with E-state index in [4.69, 9.17) is 0 Å². The molecule has 3 rings (SSSR count). The molecule has 1 atom stereocenters. The fraction of sp³-hybridized carbons (Fsp3) is 0.421. The zero-order chi connectivity index (χ0) is 14.5. The van der Waals surface area contributed by atoms with Crippen LogP contribution in [0.15, 0.2) is 48.8 Å². The van der Waals surface area contributed by atoms with Crippen molar-refractivity contribution in [3.63, 3.8) is 0 Å². The van der Waals surface area contributed by atoms with Crippen LogP contribution in [0.1, 0.15) is 60.8 Å². The molecule has 1 aromatic heterocycles. The van der Waals surface area contributed by atoms with Crippen LogP contribution in [-0.4, -0.2) is 12.0 Å². The van der Waals surface area contributed by atoms with Gasteiger partial charge in [0.2, 0.25) is 0 Å². The van der Waals surface area contributed by atoms with Crippen LogP contribution in [-0.2, 0) is 0 Å². The highest BCUT2D eigenvalue weighted by Gasteiger charge is 2.16.